The Labute approximate surface area is 126 Å². The lowest BCUT2D eigenvalue weighted by Crippen LogP contribution is -2.44. The van der Waals surface area contributed by atoms with Crippen LogP contribution in [0, 0.1) is 5.41 Å². The molecule has 0 aliphatic heterocycles. The van der Waals surface area contributed by atoms with Gasteiger partial charge in [0.2, 0.25) is 0 Å². The van der Waals surface area contributed by atoms with Gasteiger partial charge in [0.25, 0.3) is 0 Å². The molecule has 0 aromatic heterocycles. The molecule has 0 amide bonds. The topological polar surface area (TPSA) is 12.0 Å². The van der Waals surface area contributed by atoms with Crippen molar-refractivity contribution >= 4 is 15.9 Å². The van der Waals surface area contributed by atoms with Gasteiger partial charge in [0.05, 0.1) is 0 Å². The molecule has 0 spiro atoms. The molecular weight excluding hydrogens is 298 g/mol. The van der Waals surface area contributed by atoms with Gasteiger partial charge in [-0.1, -0.05) is 54.8 Å². The molecule has 2 rings (SSSR count). The quantitative estimate of drug-likeness (QED) is 0.781. The Hall–Kier alpha value is -0.340. The molecule has 0 radical (unpaired) electrons. The van der Waals surface area contributed by atoms with E-state index >= 15 is 0 Å². The smallest absolute Gasteiger partial charge is 0.0175 e. The molecule has 19 heavy (non-hydrogen) atoms. The zero-order valence-corrected chi connectivity index (χ0v) is 13.8. The van der Waals surface area contributed by atoms with Gasteiger partial charge in [-0.05, 0) is 55.3 Å². The Morgan fingerprint density at radius 2 is 1.84 bits per heavy atom. The second-order valence-electron chi connectivity index (χ2n) is 6.20. The molecule has 1 fully saturated rings. The normalized spacial score (nSPS) is 19.5. The summed E-state index contributed by atoms with van der Waals surface area (Å²) < 4.78 is 1.17. The SMILES string of the molecule is CCCNC(Cc1ccc(Br)cc1)C1(C)CCCC1. The molecule has 106 valence electrons. The Kier molecular flexibility index (Phi) is 5.47. The maximum atomic E-state index is 3.80. The first-order valence-corrected chi connectivity index (χ1v) is 8.41. The van der Waals surface area contributed by atoms with Crippen molar-refractivity contribution in [2.75, 3.05) is 6.54 Å². The molecule has 1 aromatic rings. The lowest BCUT2D eigenvalue weighted by molar-refractivity contribution is 0.219. The third kappa shape index (κ3) is 4.06. The van der Waals surface area contributed by atoms with Gasteiger partial charge < -0.3 is 5.32 Å². The fraction of sp³-hybridized carbons (Fsp3) is 0.647. The molecule has 1 aliphatic rings. The second-order valence-corrected chi connectivity index (χ2v) is 7.11. The standard InChI is InChI=1S/C17H26BrN/c1-3-12-19-16(17(2)10-4-5-11-17)13-14-6-8-15(18)9-7-14/h6-9,16,19H,3-5,10-13H2,1-2H3. The molecule has 0 bridgehead atoms. The Morgan fingerprint density at radius 1 is 1.21 bits per heavy atom. The van der Waals surface area contributed by atoms with E-state index in [4.69, 9.17) is 0 Å². The van der Waals surface area contributed by atoms with Crippen molar-refractivity contribution in [1.29, 1.82) is 0 Å². The van der Waals surface area contributed by atoms with Crippen molar-refractivity contribution in [2.45, 2.75) is 58.4 Å². The van der Waals surface area contributed by atoms with Crippen LogP contribution in [0.15, 0.2) is 28.7 Å². The lowest BCUT2D eigenvalue weighted by Gasteiger charge is -2.35. The van der Waals surface area contributed by atoms with Crippen LogP contribution in [0.1, 0.15) is 51.5 Å². The summed E-state index contributed by atoms with van der Waals surface area (Å²) in [6, 6.07) is 9.44. The van der Waals surface area contributed by atoms with E-state index in [0.717, 1.165) is 13.0 Å². The summed E-state index contributed by atoms with van der Waals surface area (Å²) >= 11 is 3.51. The highest BCUT2D eigenvalue weighted by Gasteiger charge is 2.36. The number of rotatable bonds is 6. The first-order chi connectivity index (χ1) is 9.14. The van der Waals surface area contributed by atoms with Crippen LogP contribution in [0.5, 0.6) is 0 Å². The van der Waals surface area contributed by atoms with Gasteiger partial charge in [-0.25, -0.2) is 0 Å². The fourth-order valence-corrected chi connectivity index (χ4v) is 3.54. The third-order valence-corrected chi connectivity index (χ3v) is 5.11. The zero-order chi connectivity index (χ0) is 13.7. The van der Waals surface area contributed by atoms with Gasteiger partial charge in [-0.15, -0.1) is 0 Å². The first-order valence-electron chi connectivity index (χ1n) is 7.62. The van der Waals surface area contributed by atoms with Crippen molar-refractivity contribution in [2.24, 2.45) is 5.41 Å². The molecule has 1 aromatic carbocycles. The first kappa shape index (κ1) is 15.1. The Balaban J connectivity index is 2.06. The number of halogens is 1. The van der Waals surface area contributed by atoms with E-state index in [9.17, 15) is 0 Å². The maximum absolute atomic E-state index is 3.80. The molecule has 1 nitrogen and oxygen atoms in total. The van der Waals surface area contributed by atoms with Crippen LogP contribution in [-0.2, 0) is 6.42 Å². The largest absolute Gasteiger partial charge is 0.313 e. The highest BCUT2D eigenvalue weighted by molar-refractivity contribution is 9.10. The highest BCUT2D eigenvalue weighted by atomic mass is 79.9. The summed E-state index contributed by atoms with van der Waals surface area (Å²) in [6.07, 6.45) is 7.94. The lowest BCUT2D eigenvalue weighted by atomic mass is 9.77. The van der Waals surface area contributed by atoms with Crippen molar-refractivity contribution in [1.82, 2.24) is 5.32 Å². The van der Waals surface area contributed by atoms with Gasteiger partial charge in [0, 0.05) is 10.5 Å². The van der Waals surface area contributed by atoms with Crippen LogP contribution in [0.25, 0.3) is 0 Å². The van der Waals surface area contributed by atoms with Gasteiger partial charge in [-0.3, -0.25) is 0 Å². The van der Waals surface area contributed by atoms with Gasteiger partial charge in [0.15, 0.2) is 0 Å². The van der Waals surface area contributed by atoms with E-state index in [-0.39, 0.29) is 0 Å². The number of hydrogen-bond acceptors (Lipinski definition) is 1. The van der Waals surface area contributed by atoms with E-state index in [1.165, 1.54) is 42.1 Å². The van der Waals surface area contributed by atoms with E-state index in [1.807, 2.05) is 0 Å². The average molecular weight is 324 g/mol. The summed E-state index contributed by atoms with van der Waals surface area (Å²) in [5.74, 6) is 0. The number of hydrogen-bond donors (Lipinski definition) is 1. The highest BCUT2D eigenvalue weighted by Crippen LogP contribution is 2.41. The van der Waals surface area contributed by atoms with Gasteiger partial charge in [-0.2, -0.15) is 0 Å². The Morgan fingerprint density at radius 3 is 2.42 bits per heavy atom. The van der Waals surface area contributed by atoms with Crippen molar-refractivity contribution < 1.29 is 0 Å². The van der Waals surface area contributed by atoms with Crippen LogP contribution < -0.4 is 5.32 Å². The summed E-state index contributed by atoms with van der Waals surface area (Å²) in [5.41, 5.74) is 1.94. The summed E-state index contributed by atoms with van der Waals surface area (Å²) in [5, 5.41) is 3.80. The van der Waals surface area contributed by atoms with Crippen LogP contribution in [0.4, 0.5) is 0 Å². The molecule has 0 heterocycles. The van der Waals surface area contributed by atoms with E-state index in [2.05, 4.69) is 59.4 Å². The maximum Gasteiger partial charge on any atom is 0.0175 e. The zero-order valence-electron chi connectivity index (χ0n) is 12.2. The van der Waals surface area contributed by atoms with E-state index < -0.39 is 0 Å². The fourth-order valence-electron chi connectivity index (χ4n) is 3.27. The minimum absolute atomic E-state index is 0.488. The molecule has 1 aliphatic carbocycles. The second kappa shape index (κ2) is 6.90. The van der Waals surface area contributed by atoms with Crippen LogP contribution >= 0.6 is 15.9 Å². The molecule has 1 atom stereocenters. The molecule has 1 saturated carbocycles. The van der Waals surface area contributed by atoms with Crippen molar-refractivity contribution in [3.63, 3.8) is 0 Å². The summed E-state index contributed by atoms with van der Waals surface area (Å²) in [6.45, 7) is 5.86. The van der Waals surface area contributed by atoms with Gasteiger partial charge in [0.1, 0.15) is 0 Å². The van der Waals surface area contributed by atoms with E-state index in [0.29, 0.717) is 11.5 Å². The number of benzene rings is 1. The summed E-state index contributed by atoms with van der Waals surface area (Å²) in [7, 11) is 0. The summed E-state index contributed by atoms with van der Waals surface area (Å²) in [4.78, 5) is 0. The molecule has 0 saturated heterocycles. The number of nitrogens with one attached hydrogen (secondary N) is 1. The Bertz CT molecular complexity index is 379. The van der Waals surface area contributed by atoms with Crippen molar-refractivity contribution in [3.8, 4) is 0 Å². The van der Waals surface area contributed by atoms with E-state index in [1.54, 1.807) is 0 Å². The molecule has 1 N–H and O–H groups in total. The third-order valence-electron chi connectivity index (χ3n) is 4.58. The minimum Gasteiger partial charge on any atom is -0.313 e. The molecule has 1 unspecified atom stereocenters. The minimum atomic E-state index is 0.488. The predicted molar refractivity (Wildman–Crippen MR) is 86.5 cm³/mol. The van der Waals surface area contributed by atoms with Crippen LogP contribution in [-0.4, -0.2) is 12.6 Å². The molecular formula is C17H26BrN. The monoisotopic (exact) mass is 323 g/mol. The van der Waals surface area contributed by atoms with Crippen LogP contribution in [0.2, 0.25) is 0 Å². The average Bonchev–Trinajstić information content (AvgIpc) is 2.85. The van der Waals surface area contributed by atoms with Crippen LogP contribution in [0.3, 0.4) is 0 Å². The van der Waals surface area contributed by atoms with Crippen molar-refractivity contribution in [3.05, 3.63) is 34.3 Å². The molecule has 2 heteroatoms. The van der Waals surface area contributed by atoms with Gasteiger partial charge >= 0.3 is 0 Å². The predicted octanol–water partition coefficient (Wildman–Crippen LogP) is 4.94.